The van der Waals surface area contributed by atoms with Crippen LogP contribution in [0, 0.1) is 11.6 Å². The van der Waals surface area contributed by atoms with Crippen molar-refractivity contribution < 1.29 is 23.4 Å². The van der Waals surface area contributed by atoms with E-state index < -0.39 is 17.7 Å². The molecule has 0 radical (unpaired) electrons. The molecule has 1 aliphatic rings. The maximum atomic E-state index is 13.2. The highest BCUT2D eigenvalue weighted by Gasteiger charge is 2.31. The van der Waals surface area contributed by atoms with Crippen LogP contribution in [0.3, 0.4) is 0 Å². The first-order valence-electron chi connectivity index (χ1n) is 6.98. The average Bonchev–Trinajstić information content (AvgIpc) is 2.49. The number of β-amino-alcohol motifs (C(OH)–C–C–N with tert-alkyl or cyclic N) is 1. The fraction of sp³-hybridized carbons (Fsp3) is 0.533. The average molecular weight is 299 g/mol. The molecule has 1 aromatic rings. The highest BCUT2D eigenvalue weighted by atomic mass is 19.2. The molecule has 2 unspecified atom stereocenters. The molecule has 1 aromatic carbocycles. The Morgan fingerprint density at radius 2 is 2.19 bits per heavy atom. The first kappa shape index (κ1) is 15.9. The Bertz CT molecular complexity index is 510. The molecule has 6 heteroatoms. The van der Waals surface area contributed by atoms with Crippen molar-refractivity contribution in [3.63, 3.8) is 0 Å². The zero-order valence-corrected chi connectivity index (χ0v) is 11.9. The molecular weight excluding hydrogens is 280 g/mol. The van der Waals surface area contributed by atoms with Crippen LogP contribution in [-0.4, -0.2) is 42.2 Å². The van der Waals surface area contributed by atoms with E-state index in [0.717, 1.165) is 25.0 Å². The van der Waals surface area contributed by atoms with Crippen LogP contribution in [0.15, 0.2) is 18.2 Å². The standard InChI is InChI=1S/C15H19F2NO3/c1-21-15(20)13-4-2-3-7-18(13)9-14(19)10-5-6-11(16)12(17)8-10/h5-6,8,13-14,19H,2-4,7,9H2,1H3. The Balaban J connectivity index is 2.07. The first-order valence-corrected chi connectivity index (χ1v) is 6.98. The van der Waals surface area contributed by atoms with Crippen LogP contribution in [-0.2, 0) is 9.53 Å². The summed E-state index contributed by atoms with van der Waals surface area (Å²) in [4.78, 5) is 13.6. The number of methoxy groups -OCH3 is 1. The Labute approximate surface area is 122 Å². The first-order chi connectivity index (χ1) is 10.0. The molecule has 116 valence electrons. The zero-order chi connectivity index (χ0) is 15.4. The van der Waals surface area contributed by atoms with Crippen molar-refractivity contribution in [1.82, 2.24) is 4.90 Å². The quantitative estimate of drug-likeness (QED) is 0.864. The van der Waals surface area contributed by atoms with Gasteiger partial charge >= 0.3 is 5.97 Å². The number of ether oxygens (including phenoxy) is 1. The van der Waals surface area contributed by atoms with Gasteiger partial charge in [0, 0.05) is 6.54 Å². The summed E-state index contributed by atoms with van der Waals surface area (Å²) in [6.45, 7) is 0.853. The summed E-state index contributed by atoms with van der Waals surface area (Å²) in [6, 6.07) is 2.93. The number of halogens is 2. The molecule has 0 bridgehead atoms. The summed E-state index contributed by atoms with van der Waals surface area (Å²) in [6.07, 6.45) is 1.55. The third-order valence-electron chi connectivity index (χ3n) is 3.82. The minimum Gasteiger partial charge on any atom is -0.468 e. The Morgan fingerprint density at radius 3 is 2.86 bits per heavy atom. The number of hydrogen-bond acceptors (Lipinski definition) is 4. The van der Waals surface area contributed by atoms with E-state index in [1.165, 1.54) is 13.2 Å². The van der Waals surface area contributed by atoms with Crippen molar-refractivity contribution in [3.8, 4) is 0 Å². The number of piperidine rings is 1. The van der Waals surface area contributed by atoms with Crippen molar-refractivity contribution in [2.75, 3.05) is 20.2 Å². The number of aliphatic hydroxyl groups excluding tert-OH is 1. The fourth-order valence-electron chi connectivity index (χ4n) is 2.66. The summed E-state index contributed by atoms with van der Waals surface area (Å²) in [5.74, 6) is -2.27. The smallest absolute Gasteiger partial charge is 0.323 e. The molecule has 2 rings (SSSR count). The third-order valence-corrected chi connectivity index (χ3v) is 3.82. The Morgan fingerprint density at radius 1 is 1.43 bits per heavy atom. The van der Waals surface area contributed by atoms with Gasteiger partial charge in [-0.3, -0.25) is 9.69 Å². The number of esters is 1. The van der Waals surface area contributed by atoms with Crippen molar-refractivity contribution in [2.45, 2.75) is 31.4 Å². The van der Waals surface area contributed by atoms with Crippen LogP contribution < -0.4 is 0 Å². The van der Waals surface area contributed by atoms with Crippen LogP contribution in [0.25, 0.3) is 0 Å². The van der Waals surface area contributed by atoms with Crippen LogP contribution in [0.2, 0.25) is 0 Å². The van der Waals surface area contributed by atoms with E-state index in [-0.39, 0.29) is 18.6 Å². The van der Waals surface area contributed by atoms with Crippen molar-refractivity contribution >= 4 is 5.97 Å². The number of carbonyl (C=O) groups excluding carboxylic acids is 1. The lowest BCUT2D eigenvalue weighted by Crippen LogP contribution is -2.46. The summed E-state index contributed by atoms with van der Waals surface area (Å²) in [5, 5.41) is 10.2. The van der Waals surface area contributed by atoms with Crippen molar-refractivity contribution in [3.05, 3.63) is 35.4 Å². The second-order valence-electron chi connectivity index (χ2n) is 5.22. The molecule has 0 amide bonds. The number of carbonyl (C=O) groups is 1. The monoisotopic (exact) mass is 299 g/mol. The molecule has 1 saturated heterocycles. The zero-order valence-electron chi connectivity index (χ0n) is 11.9. The molecule has 0 aromatic heterocycles. The van der Waals surface area contributed by atoms with Gasteiger partial charge in [0.2, 0.25) is 0 Å². The molecule has 1 heterocycles. The SMILES string of the molecule is COC(=O)C1CCCCN1CC(O)c1ccc(F)c(F)c1. The van der Waals surface area contributed by atoms with E-state index in [1.807, 2.05) is 4.90 Å². The molecular formula is C15H19F2NO3. The van der Waals surface area contributed by atoms with Crippen molar-refractivity contribution in [2.24, 2.45) is 0 Å². The fourth-order valence-corrected chi connectivity index (χ4v) is 2.66. The molecule has 1 fully saturated rings. The van der Waals surface area contributed by atoms with Crippen LogP contribution in [0.4, 0.5) is 8.78 Å². The minimum atomic E-state index is -0.991. The number of aliphatic hydroxyl groups is 1. The second kappa shape index (κ2) is 6.95. The lowest BCUT2D eigenvalue weighted by atomic mass is 10.0. The van der Waals surface area contributed by atoms with E-state index in [4.69, 9.17) is 4.74 Å². The third kappa shape index (κ3) is 3.77. The van der Waals surface area contributed by atoms with Gasteiger partial charge in [-0.05, 0) is 37.1 Å². The minimum absolute atomic E-state index is 0.185. The van der Waals surface area contributed by atoms with Gasteiger partial charge in [-0.2, -0.15) is 0 Å². The summed E-state index contributed by atoms with van der Waals surface area (Å²) >= 11 is 0. The largest absolute Gasteiger partial charge is 0.468 e. The van der Waals surface area contributed by atoms with Crippen LogP contribution in [0.1, 0.15) is 30.9 Å². The van der Waals surface area contributed by atoms with Gasteiger partial charge in [0.15, 0.2) is 11.6 Å². The number of likely N-dealkylation sites (tertiary alicyclic amines) is 1. The van der Waals surface area contributed by atoms with E-state index in [0.29, 0.717) is 18.5 Å². The maximum absolute atomic E-state index is 13.2. The topological polar surface area (TPSA) is 49.8 Å². The highest BCUT2D eigenvalue weighted by Crippen LogP contribution is 2.23. The molecule has 4 nitrogen and oxygen atoms in total. The van der Waals surface area contributed by atoms with Gasteiger partial charge in [0.1, 0.15) is 6.04 Å². The van der Waals surface area contributed by atoms with Crippen LogP contribution in [0.5, 0.6) is 0 Å². The molecule has 0 spiro atoms. The molecule has 1 aliphatic heterocycles. The lowest BCUT2D eigenvalue weighted by molar-refractivity contribution is -0.148. The summed E-state index contributed by atoms with van der Waals surface area (Å²) in [7, 11) is 1.33. The molecule has 0 aliphatic carbocycles. The predicted octanol–water partition coefficient (Wildman–Crippen LogP) is 2.03. The Kier molecular flexibility index (Phi) is 5.25. The van der Waals surface area contributed by atoms with Gasteiger partial charge in [-0.25, -0.2) is 8.78 Å². The maximum Gasteiger partial charge on any atom is 0.323 e. The lowest BCUT2D eigenvalue weighted by Gasteiger charge is -2.35. The van der Waals surface area contributed by atoms with Crippen LogP contribution >= 0.6 is 0 Å². The summed E-state index contributed by atoms with van der Waals surface area (Å²) in [5.41, 5.74) is 0.295. The van der Waals surface area contributed by atoms with E-state index in [2.05, 4.69) is 0 Å². The second-order valence-corrected chi connectivity index (χ2v) is 5.22. The molecule has 1 N–H and O–H groups in total. The van der Waals surface area contributed by atoms with Gasteiger partial charge in [0.25, 0.3) is 0 Å². The molecule has 2 atom stereocenters. The molecule has 21 heavy (non-hydrogen) atoms. The van der Waals surface area contributed by atoms with Gasteiger partial charge < -0.3 is 9.84 Å². The number of nitrogens with zero attached hydrogens (tertiary/aromatic N) is 1. The van der Waals surface area contributed by atoms with Gasteiger partial charge in [-0.15, -0.1) is 0 Å². The Hall–Kier alpha value is -1.53. The number of rotatable bonds is 4. The van der Waals surface area contributed by atoms with E-state index in [9.17, 15) is 18.7 Å². The van der Waals surface area contributed by atoms with E-state index in [1.54, 1.807) is 0 Å². The predicted molar refractivity (Wildman–Crippen MR) is 72.5 cm³/mol. The number of benzene rings is 1. The van der Waals surface area contributed by atoms with E-state index >= 15 is 0 Å². The van der Waals surface area contributed by atoms with Gasteiger partial charge in [0.05, 0.1) is 13.2 Å². The van der Waals surface area contributed by atoms with Gasteiger partial charge in [-0.1, -0.05) is 12.5 Å². The summed E-state index contributed by atoms with van der Waals surface area (Å²) < 4.78 is 30.9. The normalized spacial score (nSPS) is 21.0. The molecule has 0 saturated carbocycles. The highest BCUT2D eigenvalue weighted by molar-refractivity contribution is 5.75. The number of hydrogen-bond donors (Lipinski definition) is 1. The van der Waals surface area contributed by atoms with Crippen molar-refractivity contribution in [1.29, 1.82) is 0 Å².